The first-order chi connectivity index (χ1) is 15.7. The minimum atomic E-state index is -4.57. The van der Waals surface area contributed by atoms with Crippen molar-refractivity contribution in [2.45, 2.75) is 54.2 Å². The van der Waals surface area contributed by atoms with Crippen molar-refractivity contribution < 1.29 is 31.1 Å². The van der Waals surface area contributed by atoms with Crippen LogP contribution in [-0.2, 0) is 25.5 Å². The van der Waals surface area contributed by atoms with Gasteiger partial charge >= 0.3 is 6.18 Å². The fraction of sp³-hybridized carbons (Fsp3) is 0.435. The van der Waals surface area contributed by atoms with E-state index in [4.69, 9.17) is 9.47 Å². The van der Waals surface area contributed by atoms with Crippen LogP contribution in [0.3, 0.4) is 0 Å². The van der Waals surface area contributed by atoms with Crippen LogP contribution in [0.15, 0.2) is 47.6 Å². The minimum Gasteiger partial charge on any atom is -0.381 e. The number of hydrogen-bond donors (Lipinski definition) is 1. The van der Waals surface area contributed by atoms with Crippen molar-refractivity contribution in [1.82, 2.24) is 9.97 Å². The standard InChI is InChI=1S/C23H23F3N2O4S/c24-23(25,26)19-13-28-22-20(19)18(7-10-27-22)21(32-15-8-11-31-12-9-15)14-1-3-16(4-2-14)33(29,30)17-5-6-17/h1-4,7,10,13,15,17,21H,5-6,8-9,11-12H2,(H,27,28). The number of aromatic amines is 1. The predicted octanol–water partition coefficient (Wildman–Crippen LogP) is 4.80. The number of nitrogens with zero attached hydrogens (tertiary/aromatic N) is 1. The second-order valence-corrected chi connectivity index (χ2v) is 10.7. The van der Waals surface area contributed by atoms with Gasteiger partial charge in [0.05, 0.1) is 21.8 Å². The smallest absolute Gasteiger partial charge is 0.381 e. The lowest BCUT2D eigenvalue weighted by molar-refractivity contribution is -0.136. The number of H-pyrrole nitrogens is 1. The van der Waals surface area contributed by atoms with Gasteiger partial charge in [0, 0.05) is 31.0 Å². The van der Waals surface area contributed by atoms with E-state index in [2.05, 4.69) is 9.97 Å². The highest BCUT2D eigenvalue weighted by atomic mass is 32.2. The summed E-state index contributed by atoms with van der Waals surface area (Å²) in [6.45, 7) is 1.03. The van der Waals surface area contributed by atoms with Crippen LogP contribution in [0.5, 0.6) is 0 Å². The summed E-state index contributed by atoms with van der Waals surface area (Å²) in [7, 11) is -3.37. The molecule has 1 saturated carbocycles. The molecule has 10 heteroatoms. The summed E-state index contributed by atoms with van der Waals surface area (Å²) >= 11 is 0. The van der Waals surface area contributed by atoms with Crippen LogP contribution in [-0.4, -0.2) is 43.0 Å². The lowest BCUT2D eigenvalue weighted by Gasteiger charge is -2.29. The molecule has 3 aromatic rings. The molecule has 0 spiro atoms. The Morgan fingerprint density at radius 3 is 2.39 bits per heavy atom. The van der Waals surface area contributed by atoms with Gasteiger partial charge in [0.15, 0.2) is 9.84 Å². The predicted molar refractivity (Wildman–Crippen MR) is 115 cm³/mol. The Hall–Kier alpha value is -2.43. The quantitative estimate of drug-likeness (QED) is 0.548. The molecule has 33 heavy (non-hydrogen) atoms. The zero-order chi connectivity index (χ0) is 23.2. The number of pyridine rings is 1. The number of benzene rings is 1. The Labute approximate surface area is 189 Å². The summed E-state index contributed by atoms with van der Waals surface area (Å²) in [6.07, 6.45) is -0.677. The van der Waals surface area contributed by atoms with E-state index in [1.165, 1.54) is 24.4 Å². The zero-order valence-electron chi connectivity index (χ0n) is 17.6. The molecule has 6 nitrogen and oxygen atoms in total. The van der Waals surface area contributed by atoms with Crippen LogP contribution in [0.2, 0.25) is 0 Å². The Balaban J connectivity index is 1.59. The lowest BCUT2D eigenvalue weighted by Crippen LogP contribution is -2.26. The van der Waals surface area contributed by atoms with Crippen LogP contribution in [0.25, 0.3) is 11.0 Å². The van der Waals surface area contributed by atoms with Crippen LogP contribution >= 0.6 is 0 Å². The van der Waals surface area contributed by atoms with Crippen molar-refractivity contribution >= 4 is 20.9 Å². The SMILES string of the molecule is O=S(=O)(c1ccc(C(OC2CCOCC2)c2ccnc3[nH]cc(C(F)(F)F)c23)cc1)C1CC1. The van der Waals surface area contributed by atoms with Gasteiger partial charge in [-0.3, -0.25) is 0 Å². The van der Waals surface area contributed by atoms with Crippen LogP contribution in [0.4, 0.5) is 13.2 Å². The lowest BCUT2D eigenvalue weighted by atomic mass is 9.97. The van der Waals surface area contributed by atoms with E-state index in [1.807, 2.05) is 0 Å². The Kier molecular flexibility index (Phi) is 5.70. The topological polar surface area (TPSA) is 81.3 Å². The third-order valence-electron chi connectivity index (χ3n) is 6.17. The maximum atomic E-state index is 13.7. The molecule has 1 aliphatic carbocycles. The highest BCUT2D eigenvalue weighted by Crippen LogP contribution is 2.41. The summed E-state index contributed by atoms with van der Waals surface area (Å²) < 4.78 is 78.1. The molecule has 0 radical (unpaired) electrons. The molecule has 0 amide bonds. The van der Waals surface area contributed by atoms with Crippen molar-refractivity contribution in [2.75, 3.05) is 13.2 Å². The van der Waals surface area contributed by atoms with Gasteiger partial charge in [0.2, 0.25) is 0 Å². The van der Waals surface area contributed by atoms with Crippen LogP contribution < -0.4 is 0 Å². The Bertz CT molecular complexity index is 1240. The van der Waals surface area contributed by atoms with Gasteiger partial charge in [-0.25, -0.2) is 13.4 Å². The van der Waals surface area contributed by atoms with Crippen molar-refractivity contribution in [3.8, 4) is 0 Å². The van der Waals surface area contributed by atoms with Gasteiger partial charge in [-0.05, 0) is 55.0 Å². The van der Waals surface area contributed by atoms with E-state index in [1.54, 1.807) is 12.1 Å². The number of halogens is 3. The van der Waals surface area contributed by atoms with E-state index in [0.717, 1.165) is 6.20 Å². The number of nitrogens with one attached hydrogen (secondary N) is 1. The second-order valence-electron chi connectivity index (χ2n) is 8.47. The largest absolute Gasteiger partial charge is 0.418 e. The average Bonchev–Trinajstić information content (AvgIpc) is 3.57. The fourth-order valence-corrected chi connectivity index (χ4v) is 5.92. The van der Waals surface area contributed by atoms with Gasteiger partial charge in [-0.2, -0.15) is 13.2 Å². The van der Waals surface area contributed by atoms with Gasteiger partial charge < -0.3 is 14.5 Å². The molecule has 2 fully saturated rings. The van der Waals surface area contributed by atoms with Gasteiger partial charge in [0.1, 0.15) is 11.8 Å². The number of ether oxygens (including phenoxy) is 2. The fourth-order valence-electron chi connectivity index (χ4n) is 4.26. The molecule has 1 saturated heterocycles. The number of rotatable bonds is 6. The van der Waals surface area contributed by atoms with E-state index < -0.39 is 27.7 Å². The summed E-state index contributed by atoms with van der Waals surface area (Å²) in [5, 5.41) is -0.386. The second kappa shape index (κ2) is 8.41. The average molecular weight is 481 g/mol. The van der Waals surface area contributed by atoms with E-state index >= 15 is 0 Å². The van der Waals surface area contributed by atoms with E-state index in [-0.39, 0.29) is 27.3 Å². The van der Waals surface area contributed by atoms with Crippen molar-refractivity contribution in [3.05, 3.63) is 59.4 Å². The normalized spacial score (nSPS) is 19.1. The minimum absolute atomic E-state index is 0.0447. The molecule has 1 N–H and O–H groups in total. The molecule has 2 aromatic heterocycles. The number of alkyl halides is 3. The molecular formula is C23H23F3N2O4S. The Morgan fingerprint density at radius 2 is 1.76 bits per heavy atom. The number of hydrogen-bond acceptors (Lipinski definition) is 5. The molecule has 1 atom stereocenters. The molecule has 1 unspecified atom stereocenters. The third kappa shape index (κ3) is 4.39. The zero-order valence-corrected chi connectivity index (χ0v) is 18.5. The van der Waals surface area contributed by atoms with E-state index in [0.29, 0.717) is 50.0 Å². The molecule has 3 heterocycles. The molecular weight excluding hydrogens is 457 g/mol. The summed E-state index contributed by atoms with van der Waals surface area (Å²) in [6, 6.07) is 7.83. The maximum absolute atomic E-state index is 13.7. The Morgan fingerprint density at radius 1 is 1.06 bits per heavy atom. The van der Waals surface area contributed by atoms with Crippen molar-refractivity contribution in [1.29, 1.82) is 0 Å². The number of aromatic nitrogens is 2. The summed E-state index contributed by atoms with van der Waals surface area (Å²) in [4.78, 5) is 6.89. The van der Waals surface area contributed by atoms with Crippen LogP contribution in [0, 0.1) is 0 Å². The molecule has 0 bridgehead atoms. The maximum Gasteiger partial charge on any atom is 0.418 e. The molecule has 176 valence electrons. The first kappa shape index (κ1) is 22.4. The summed E-state index contributed by atoms with van der Waals surface area (Å²) in [5.41, 5.74) is 0.221. The van der Waals surface area contributed by atoms with Crippen LogP contribution in [0.1, 0.15) is 48.5 Å². The van der Waals surface area contributed by atoms with Crippen molar-refractivity contribution in [2.24, 2.45) is 0 Å². The third-order valence-corrected chi connectivity index (χ3v) is 8.44. The molecule has 1 aliphatic heterocycles. The first-order valence-electron chi connectivity index (χ1n) is 10.9. The van der Waals surface area contributed by atoms with Gasteiger partial charge in [0.25, 0.3) is 0 Å². The van der Waals surface area contributed by atoms with Crippen molar-refractivity contribution in [3.63, 3.8) is 0 Å². The summed E-state index contributed by atoms with van der Waals surface area (Å²) in [5.74, 6) is 0. The molecule has 2 aliphatic rings. The molecule has 5 rings (SSSR count). The molecule has 1 aromatic carbocycles. The van der Waals surface area contributed by atoms with E-state index in [9.17, 15) is 21.6 Å². The number of sulfone groups is 1. The first-order valence-corrected chi connectivity index (χ1v) is 12.4. The highest BCUT2D eigenvalue weighted by Gasteiger charge is 2.38. The number of fused-ring (bicyclic) bond motifs is 1. The van der Waals surface area contributed by atoms with Gasteiger partial charge in [-0.15, -0.1) is 0 Å². The van der Waals surface area contributed by atoms with Gasteiger partial charge in [-0.1, -0.05) is 12.1 Å². The monoisotopic (exact) mass is 480 g/mol. The highest BCUT2D eigenvalue weighted by molar-refractivity contribution is 7.92.